The van der Waals surface area contributed by atoms with E-state index in [-0.39, 0.29) is 0 Å². The van der Waals surface area contributed by atoms with Gasteiger partial charge in [0.15, 0.2) is 0 Å². The van der Waals surface area contributed by atoms with Crippen molar-refractivity contribution >= 4 is 10.8 Å². The third-order valence-corrected chi connectivity index (χ3v) is 3.89. The smallest absolute Gasteiger partial charge is 0.123 e. The molecule has 1 aliphatic heterocycles. The molecule has 1 aliphatic rings. The largest absolute Gasteiger partial charge is 0.492 e. The van der Waals surface area contributed by atoms with Crippen LogP contribution < -0.4 is 4.74 Å². The second-order valence-electron chi connectivity index (χ2n) is 4.97. The van der Waals surface area contributed by atoms with Gasteiger partial charge < -0.3 is 4.74 Å². The molecule has 92 valence electrons. The van der Waals surface area contributed by atoms with E-state index in [4.69, 9.17) is 4.74 Å². The van der Waals surface area contributed by atoms with Gasteiger partial charge in [-0.3, -0.25) is 0 Å². The summed E-state index contributed by atoms with van der Waals surface area (Å²) in [5.74, 6) is 1.38. The number of fused-ring (bicyclic) bond motifs is 3. The van der Waals surface area contributed by atoms with E-state index >= 15 is 0 Å². The predicted molar refractivity (Wildman–Crippen MR) is 77.7 cm³/mol. The molecule has 0 amide bonds. The zero-order valence-electron chi connectivity index (χ0n) is 10.5. The summed E-state index contributed by atoms with van der Waals surface area (Å²) in [6.07, 6.45) is 0. The molecule has 0 bridgehead atoms. The quantitative estimate of drug-likeness (QED) is 0.619. The summed E-state index contributed by atoms with van der Waals surface area (Å²) in [6.45, 7) is 0.743. The van der Waals surface area contributed by atoms with Crippen LogP contribution in [0.2, 0.25) is 0 Å². The van der Waals surface area contributed by atoms with Gasteiger partial charge in [0, 0.05) is 11.5 Å². The van der Waals surface area contributed by atoms with Crippen molar-refractivity contribution in [1.82, 2.24) is 0 Å². The van der Waals surface area contributed by atoms with Crippen LogP contribution in [-0.2, 0) is 0 Å². The summed E-state index contributed by atoms with van der Waals surface area (Å²) in [5, 5.41) is 2.60. The van der Waals surface area contributed by atoms with Gasteiger partial charge in [0.1, 0.15) is 5.75 Å². The molecule has 0 radical (unpaired) electrons. The van der Waals surface area contributed by atoms with Crippen molar-refractivity contribution in [2.75, 3.05) is 6.61 Å². The molecule has 1 nitrogen and oxygen atoms in total. The van der Waals surface area contributed by atoms with E-state index in [0.29, 0.717) is 5.92 Å². The van der Waals surface area contributed by atoms with Crippen LogP contribution in [0.1, 0.15) is 17.0 Å². The van der Waals surface area contributed by atoms with E-state index in [0.717, 1.165) is 12.4 Å². The molecule has 0 saturated heterocycles. The van der Waals surface area contributed by atoms with Gasteiger partial charge in [0.2, 0.25) is 0 Å². The fourth-order valence-corrected chi connectivity index (χ4v) is 2.97. The first-order valence-electron chi connectivity index (χ1n) is 6.63. The Morgan fingerprint density at radius 1 is 0.789 bits per heavy atom. The van der Waals surface area contributed by atoms with Crippen LogP contribution in [0.4, 0.5) is 0 Å². The molecule has 0 N–H and O–H groups in total. The Kier molecular flexibility index (Phi) is 2.31. The molecule has 19 heavy (non-hydrogen) atoms. The van der Waals surface area contributed by atoms with E-state index in [1.807, 2.05) is 0 Å². The van der Waals surface area contributed by atoms with Crippen LogP contribution in [0.15, 0.2) is 66.7 Å². The van der Waals surface area contributed by atoms with Gasteiger partial charge in [-0.2, -0.15) is 0 Å². The molecule has 0 spiro atoms. The molecule has 0 fully saturated rings. The topological polar surface area (TPSA) is 9.23 Å². The average Bonchev–Trinajstić information content (AvgIpc) is 2.92. The number of rotatable bonds is 1. The van der Waals surface area contributed by atoms with Crippen LogP contribution in [0.5, 0.6) is 5.75 Å². The van der Waals surface area contributed by atoms with Crippen molar-refractivity contribution in [3.63, 3.8) is 0 Å². The van der Waals surface area contributed by atoms with Gasteiger partial charge in [-0.15, -0.1) is 0 Å². The van der Waals surface area contributed by atoms with Crippen molar-refractivity contribution in [2.24, 2.45) is 0 Å². The molecule has 1 heteroatoms. The van der Waals surface area contributed by atoms with Gasteiger partial charge >= 0.3 is 0 Å². The third kappa shape index (κ3) is 1.62. The molecule has 4 rings (SSSR count). The Bertz CT molecular complexity index is 731. The maximum atomic E-state index is 5.87. The summed E-state index contributed by atoms with van der Waals surface area (Å²) in [7, 11) is 0. The fraction of sp³-hybridized carbons (Fsp3) is 0.111. The third-order valence-electron chi connectivity index (χ3n) is 3.89. The van der Waals surface area contributed by atoms with Crippen LogP contribution >= 0.6 is 0 Å². The van der Waals surface area contributed by atoms with Gasteiger partial charge in [-0.25, -0.2) is 0 Å². The average molecular weight is 246 g/mol. The molecule has 3 aromatic carbocycles. The Labute approximate surface area is 112 Å². The first kappa shape index (κ1) is 10.6. The highest BCUT2D eigenvalue weighted by molar-refractivity contribution is 5.89. The number of hydrogen-bond acceptors (Lipinski definition) is 1. The minimum atomic E-state index is 0.349. The Morgan fingerprint density at radius 3 is 2.47 bits per heavy atom. The maximum absolute atomic E-state index is 5.87. The first-order chi connectivity index (χ1) is 9.43. The zero-order valence-corrected chi connectivity index (χ0v) is 10.5. The second kappa shape index (κ2) is 4.13. The van der Waals surface area contributed by atoms with Gasteiger partial charge in [0.25, 0.3) is 0 Å². The molecule has 0 aliphatic carbocycles. The van der Waals surface area contributed by atoms with Gasteiger partial charge in [0.05, 0.1) is 6.61 Å². The number of hydrogen-bond donors (Lipinski definition) is 0. The lowest BCUT2D eigenvalue weighted by molar-refractivity contribution is 0.343. The molecular formula is C18H14O. The van der Waals surface area contributed by atoms with Crippen LogP contribution in [0.3, 0.4) is 0 Å². The highest BCUT2D eigenvalue weighted by atomic mass is 16.5. The molecule has 1 heterocycles. The molecule has 0 aromatic heterocycles. The summed E-state index contributed by atoms with van der Waals surface area (Å²) >= 11 is 0. The monoisotopic (exact) mass is 246 g/mol. The van der Waals surface area contributed by atoms with Crippen molar-refractivity contribution in [3.8, 4) is 5.75 Å². The molecular weight excluding hydrogens is 232 g/mol. The summed E-state index contributed by atoms with van der Waals surface area (Å²) in [4.78, 5) is 0. The van der Waals surface area contributed by atoms with E-state index < -0.39 is 0 Å². The summed E-state index contributed by atoms with van der Waals surface area (Å²) in [5.41, 5.74) is 2.67. The van der Waals surface area contributed by atoms with Gasteiger partial charge in [-0.05, 0) is 22.4 Å². The second-order valence-corrected chi connectivity index (χ2v) is 4.97. The van der Waals surface area contributed by atoms with E-state index in [2.05, 4.69) is 66.7 Å². The lowest BCUT2D eigenvalue weighted by Gasteiger charge is -2.11. The van der Waals surface area contributed by atoms with Crippen LogP contribution in [0.25, 0.3) is 10.8 Å². The minimum Gasteiger partial charge on any atom is -0.492 e. The van der Waals surface area contributed by atoms with Crippen molar-refractivity contribution in [2.45, 2.75) is 5.92 Å². The maximum Gasteiger partial charge on any atom is 0.123 e. The van der Waals surface area contributed by atoms with E-state index in [1.54, 1.807) is 0 Å². The number of ether oxygens (including phenoxy) is 1. The lowest BCUT2D eigenvalue weighted by Crippen LogP contribution is -2.02. The number of benzene rings is 3. The predicted octanol–water partition coefficient (Wildman–Crippen LogP) is 4.36. The normalized spacial score (nSPS) is 17.2. The van der Waals surface area contributed by atoms with Crippen LogP contribution in [0, 0.1) is 0 Å². The molecule has 1 atom stereocenters. The molecule has 0 unspecified atom stereocenters. The van der Waals surface area contributed by atoms with E-state index in [1.165, 1.54) is 21.9 Å². The van der Waals surface area contributed by atoms with Crippen molar-refractivity contribution < 1.29 is 4.74 Å². The lowest BCUT2D eigenvalue weighted by atomic mass is 9.89. The van der Waals surface area contributed by atoms with Gasteiger partial charge in [-0.1, -0.05) is 60.7 Å². The Morgan fingerprint density at radius 2 is 1.58 bits per heavy atom. The Balaban J connectivity index is 1.97. The minimum absolute atomic E-state index is 0.349. The zero-order chi connectivity index (χ0) is 12.7. The Hall–Kier alpha value is -2.28. The van der Waals surface area contributed by atoms with Crippen LogP contribution in [-0.4, -0.2) is 6.61 Å². The standard InChI is InChI=1S/C18H14O/c1-2-6-13(7-3-1)16-12-19-17-11-10-14-8-4-5-9-15(14)18(16)17/h1-11,16H,12H2/t16-/m0/s1. The summed E-state index contributed by atoms with van der Waals surface area (Å²) < 4.78 is 5.87. The fourth-order valence-electron chi connectivity index (χ4n) is 2.97. The highest BCUT2D eigenvalue weighted by Gasteiger charge is 2.27. The first-order valence-corrected chi connectivity index (χ1v) is 6.63. The molecule has 0 saturated carbocycles. The molecule has 3 aromatic rings. The summed E-state index contributed by atoms with van der Waals surface area (Å²) in [6, 6.07) is 23.4. The van der Waals surface area contributed by atoms with Crippen molar-refractivity contribution in [3.05, 3.63) is 77.9 Å². The SMILES string of the molecule is c1ccc([C@@H]2COc3ccc4ccccc4c32)cc1. The van der Waals surface area contributed by atoms with E-state index in [9.17, 15) is 0 Å². The van der Waals surface area contributed by atoms with Crippen molar-refractivity contribution in [1.29, 1.82) is 0 Å². The highest BCUT2D eigenvalue weighted by Crippen LogP contribution is 2.42.